The number of nitrogens with two attached hydrogens (primary N) is 1. The molecule has 1 fully saturated rings. The highest BCUT2D eigenvalue weighted by Gasteiger charge is 2.24. The third-order valence-corrected chi connectivity index (χ3v) is 4.77. The van der Waals surface area contributed by atoms with Crippen molar-refractivity contribution in [3.05, 3.63) is 33.8 Å². The summed E-state index contributed by atoms with van der Waals surface area (Å²) in [5.74, 6) is 0. The molecule has 8 heteroatoms. The first-order chi connectivity index (χ1) is 8.86. The molecular weight excluding hydrogens is 309 g/mol. The fourth-order valence-electron chi connectivity index (χ4n) is 2.03. The Kier molecular flexibility index (Phi) is 4.70. The fourth-order valence-corrected chi connectivity index (χ4v) is 3.17. The van der Waals surface area contributed by atoms with Gasteiger partial charge in [-0.25, -0.2) is 5.14 Å². The predicted octanol–water partition coefficient (Wildman–Crippen LogP) is 1.31. The van der Waals surface area contributed by atoms with Crippen LogP contribution in [0.4, 0.5) is 0 Å². The Labute approximate surface area is 123 Å². The van der Waals surface area contributed by atoms with Crippen LogP contribution in [0, 0.1) is 0 Å². The van der Waals surface area contributed by atoms with Crippen LogP contribution in [0.15, 0.2) is 18.2 Å². The summed E-state index contributed by atoms with van der Waals surface area (Å²) >= 11 is 12.0. The van der Waals surface area contributed by atoms with Crippen LogP contribution in [-0.4, -0.2) is 43.8 Å². The summed E-state index contributed by atoms with van der Waals surface area (Å²) in [4.78, 5) is 2.14. The molecule has 1 heterocycles. The molecule has 1 aromatic carbocycles. The van der Waals surface area contributed by atoms with Crippen molar-refractivity contribution in [1.29, 1.82) is 0 Å². The smallest absolute Gasteiger partial charge is 0.276 e. The molecule has 106 valence electrons. The van der Waals surface area contributed by atoms with E-state index in [0.29, 0.717) is 42.8 Å². The molecule has 2 rings (SSSR count). The number of hydrogen-bond acceptors (Lipinski definition) is 3. The molecule has 0 aliphatic carbocycles. The molecule has 0 atom stereocenters. The second-order valence-corrected chi connectivity index (χ2v) is 6.85. The van der Waals surface area contributed by atoms with E-state index in [-0.39, 0.29) is 0 Å². The zero-order valence-electron chi connectivity index (χ0n) is 10.2. The molecule has 0 unspecified atom stereocenters. The molecule has 0 bridgehead atoms. The second-order valence-electron chi connectivity index (χ2n) is 4.46. The van der Waals surface area contributed by atoms with Gasteiger partial charge >= 0.3 is 0 Å². The lowest BCUT2D eigenvalue weighted by atomic mass is 10.2. The first-order valence-corrected chi connectivity index (χ1v) is 8.06. The summed E-state index contributed by atoms with van der Waals surface area (Å²) in [6.45, 7) is 2.76. The van der Waals surface area contributed by atoms with Crippen molar-refractivity contribution in [2.45, 2.75) is 6.54 Å². The minimum absolute atomic E-state index is 0.407. The standard InChI is InChI=1S/C11H15Cl2N3O2S/c12-10-2-1-9(11(13)7-10)8-15-3-5-16(6-4-15)19(14,17)18/h1-2,7H,3-6,8H2,(H2,14,17,18). The molecular formula is C11H15Cl2N3O2S. The van der Waals surface area contributed by atoms with Gasteiger partial charge in [-0.3, -0.25) is 4.90 Å². The van der Waals surface area contributed by atoms with E-state index in [4.69, 9.17) is 28.3 Å². The van der Waals surface area contributed by atoms with Crippen LogP contribution in [0.1, 0.15) is 5.56 Å². The third-order valence-electron chi connectivity index (χ3n) is 3.10. The molecule has 0 spiro atoms. The van der Waals surface area contributed by atoms with Crippen molar-refractivity contribution in [2.24, 2.45) is 5.14 Å². The summed E-state index contributed by atoms with van der Waals surface area (Å²) in [6, 6.07) is 5.39. The van der Waals surface area contributed by atoms with E-state index in [0.717, 1.165) is 5.56 Å². The molecule has 1 saturated heterocycles. The molecule has 0 aromatic heterocycles. The van der Waals surface area contributed by atoms with E-state index in [1.165, 1.54) is 4.31 Å². The van der Waals surface area contributed by atoms with Crippen LogP contribution < -0.4 is 5.14 Å². The van der Waals surface area contributed by atoms with Crippen LogP contribution >= 0.6 is 23.2 Å². The lowest BCUT2D eigenvalue weighted by Gasteiger charge is -2.33. The van der Waals surface area contributed by atoms with E-state index in [1.54, 1.807) is 12.1 Å². The molecule has 0 radical (unpaired) electrons. The van der Waals surface area contributed by atoms with Crippen molar-refractivity contribution in [1.82, 2.24) is 9.21 Å². The highest BCUT2D eigenvalue weighted by Crippen LogP contribution is 2.22. The van der Waals surface area contributed by atoms with Crippen LogP contribution in [0.25, 0.3) is 0 Å². The zero-order valence-corrected chi connectivity index (χ0v) is 12.5. The third kappa shape index (κ3) is 4.05. The largest absolute Gasteiger partial charge is 0.296 e. The summed E-state index contributed by atoms with van der Waals surface area (Å²) < 4.78 is 23.7. The second kappa shape index (κ2) is 5.95. The number of rotatable bonds is 3. The van der Waals surface area contributed by atoms with Crippen LogP contribution in [0.5, 0.6) is 0 Å². The fraction of sp³-hybridized carbons (Fsp3) is 0.455. The highest BCUT2D eigenvalue weighted by molar-refractivity contribution is 7.86. The Morgan fingerprint density at radius 1 is 1.16 bits per heavy atom. The lowest BCUT2D eigenvalue weighted by Crippen LogP contribution is -2.50. The van der Waals surface area contributed by atoms with Crippen molar-refractivity contribution < 1.29 is 8.42 Å². The quantitative estimate of drug-likeness (QED) is 0.912. The Hall–Kier alpha value is -0.370. The van der Waals surface area contributed by atoms with Crippen LogP contribution in [-0.2, 0) is 16.8 Å². The van der Waals surface area contributed by atoms with Crippen molar-refractivity contribution in [3.63, 3.8) is 0 Å². The van der Waals surface area contributed by atoms with Gasteiger partial charge in [-0.15, -0.1) is 0 Å². The maximum absolute atomic E-state index is 11.2. The summed E-state index contributed by atoms with van der Waals surface area (Å²) in [5, 5.41) is 6.32. The van der Waals surface area contributed by atoms with Crippen LogP contribution in [0.3, 0.4) is 0 Å². The predicted molar refractivity (Wildman–Crippen MR) is 76.4 cm³/mol. The highest BCUT2D eigenvalue weighted by atomic mass is 35.5. The molecule has 0 saturated carbocycles. The van der Waals surface area contributed by atoms with Gasteiger partial charge in [0, 0.05) is 42.8 Å². The average Bonchev–Trinajstić information content (AvgIpc) is 2.32. The van der Waals surface area contributed by atoms with Gasteiger partial charge in [0.05, 0.1) is 0 Å². The molecule has 1 aromatic rings. The zero-order chi connectivity index (χ0) is 14.0. The molecule has 1 aliphatic rings. The van der Waals surface area contributed by atoms with Gasteiger partial charge in [0.2, 0.25) is 0 Å². The monoisotopic (exact) mass is 323 g/mol. The number of benzene rings is 1. The molecule has 1 aliphatic heterocycles. The minimum Gasteiger partial charge on any atom is -0.296 e. The molecule has 5 nitrogen and oxygen atoms in total. The Balaban J connectivity index is 1.96. The Bertz CT molecular complexity index is 557. The molecule has 2 N–H and O–H groups in total. The maximum Gasteiger partial charge on any atom is 0.276 e. The van der Waals surface area contributed by atoms with Gasteiger partial charge in [-0.05, 0) is 17.7 Å². The summed E-state index contributed by atoms with van der Waals surface area (Å²) in [7, 11) is -3.57. The summed E-state index contributed by atoms with van der Waals surface area (Å²) in [6.07, 6.45) is 0. The van der Waals surface area contributed by atoms with Gasteiger partial charge in [0.15, 0.2) is 0 Å². The van der Waals surface area contributed by atoms with Crippen molar-refractivity contribution >= 4 is 33.4 Å². The van der Waals surface area contributed by atoms with Gasteiger partial charge in [-0.1, -0.05) is 29.3 Å². The average molecular weight is 324 g/mol. The molecule has 19 heavy (non-hydrogen) atoms. The van der Waals surface area contributed by atoms with E-state index < -0.39 is 10.2 Å². The first-order valence-electron chi connectivity index (χ1n) is 5.80. The minimum atomic E-state index is -3.57. The Morgan fingerprint density at radius 2 is 1.79 bits per heavy atom. The van der Waals surface area contributed by atoms with Gasteiger partial charge in [0.25, 0.3) is 10.2 Å². The van der Waals surface area contributed by atoms with Crippen LogP contribution in [0.2, 0.25) is 10.0 Å². The number of hydrogen-bond donors (Lipinski definition) is 1. The number of nitrogens with zero attached hydrogens (tertiary/aromatic N) is 2. The van der Waals surface area contributed by atoms with Gasteiger partial charge in [-0.2, -0.15) is 12.7 Å². The number of halogens is 2. The van der Waals surface area contributed by atoms with Gasteiger partial charge in [0.1, 0.15) is 0 Å². The van der Waals surface area contributed by atoms with Crippen molar-refractivity contribution in [3.8, 4) is 0 Å². The first kappa shape index (κ1) is 15.0. The Morgan fingerprint density at radius 3 is 2.32 bits per heavy atom. The van der Waals surface area contributed by atoms with E-state index in [9.17, 15) is 8.42 Å². The lowest BCUT2D eigenvalue weighted by molar-refractivity contribution is 0.181. The van der Waals surface area contributed by atoms with Crippen molar-refractivity contribution in [2.75, 3.05) is 26.2 Å². The summed E-state index contributed by atoms with van der Waals surface area (Å²) in [5.41, 5.74) is 0.982. The van der Waals surface area contributed by atoms with E-state index >= 15 is 0 Å². The van der Waals surface area contributed by atoms with E-state index in [1.807, 2.05) is 6.07 Å². The number of piperazine rings is 1. The van der Waals surface area contributed by atoms with E-state index in [2.05, 4.69) is 4.90 Å². The molecule has 0 amide bonds. The van der Waals surface area contributed by atoms with Gasteiger partial charge < -0.3 is 0 Å². The topological polar surface area (TPSA) is 66.6 Å². The normalized spacial score (nSPS) is 18.7. The maximum atomic E-state index is 11.2. The SMILES string of the molecule is NS(=O)(=O)N1CCN(Cc2ccc(Cl)cc2Cl)CC1.